The minimum absolute atomic E-state index is 0.0645. The molecule has 0 radical (unpaired) electrons. The average Bonchev–Trinajstić information content (AvgIpc) is 2.57. The van der Waals surface area contributed by atoms with Gasteiger partial charge in [0.1, 0.15) is 11.5 Å². The van der Waals surface area contributed by atoms with E-state index in [1.165, 1.54) is 11.1 Å². The van der Waals surface area contributed by atoms with Crippen LogP contribution in [0, 0.1) is 0 Å². The Labute approximate surface area is 150 Å². The Morgan fingerprint density at radius 2 is 1.58 bits per heavy atom. The second-order valence-corrected chi connectivity index (χ2v) is 7.48. The smallest absolute Gasteiger partial charge is 0.129 e. The first-order chi connectivity index (χ1) is 11.5. The summed E-state index contributed by atoms with van der Waals surface area (Å²) < 4.78 is 7.07. The number of fused-ring (bicyclic) bond motifs is 2. The SMILES string of the molecule is CC1(C)c2ccc(Oc3ccccc3)cc2Nc2ccc(Br)cc21. The van der Waals surface area contributed by atoms with Gasteiger partial charge in [-0.15, -0.1) is 0 Å². The molecule has 2 nitrogen and oxygen atoms in total. The van der Waals surface area contributed by atoms with Crippen molar-refractivity contribution in [3.05, 3.63) is 82.3 Å². The lowest BCUT2D eigenvalue weighted by Crippen LogP contribution is -2.25. The summed E-state index contributed by atoms with van der Waals surface area (Å²) >= 11 is 3.58. The predicted octanol–water partition coefficient (Wildman–Crippen LogP) is 6.62. The normalized spacial score (nSPS) is 14.3. The molecular weight excluding hydrogens is 362 g/mol. The molecule has 1 aliphatic rings. The van der Waals surface area contributed by atoms with Crippen LogP contribution in [0.3, 0.4) is 0 Å². The predicted molar refractivity (Wildman–Crippen MR) is 103 cm³/mol. The number of hydrogen-bond donors (Lipinski definition) is 1. The van der Waals surface area contributed by atoms with Crippen molar-refractivity contribution < 1.29 is 4.74 Å². The third-order valence-electron chi connectivity index (χ3n) is 4.57. The Morgan fingerprint density at radius 3 is 2.38 bits per heavy atom. The van der Waals surface area contributed by atoms with E-state index in [9.17, 15) is 0 Å². The van der Waals surface area contributed by atoms with Gasteiger partial charge in [0.05, 0.1) is 0 Å². The summed E-state index contributed by atoms with van der Waals surface area (Å²) in [5, 5.41) is 3.55. The van der Waals surface area contributed by atoms with E-state index in [1.54, 1.807) is 0 Å². The fourth-order valence-corrected chi connectivity index (χ4v) is 3.65. The molecule has 1 aliphatic heterocycles. The van der Waals surface area contributed by atoms with Crippen molar-refractivity contribution >= 4 is 27.3 Å². The highest BCUT2D eigenvalue weighted by Gasteiger charge is 2.32. The fraction of sp³-hybridized carbons (Fsp3) is 0.143. The van der Waals surface area contributed by atoms with Gasteiger partial charge in [-0.3, -0.25) is 0 Å². The van der Waals surface area contributed by atoms with Crippen LogP contribution in [0.15, 0.2) is 71.2 Å². The van der Waals surface area contributed by atoms with Crippen molar-refractivity contribution in [2.75, 3.05) is 5.32 Å². The zero-order valence-electron chi connectivity index (χ0n) is 13.6. The van der Waals surface area contributed by atoms with Crippen molar-refractivity contribution in [3.8, 4) is 11.5 Å². The van der Waals surface area contributed by atoms with E-state index in [4.69, 9.17) is 4.74 Å². The van der Waals surface area contributed by atoms with Gasteiger partial charge in [0.25, 0.3) is 0 Å². The number of rotatable bonds is 2. The quantitative estimate of drug-likeness (QED) is 0.539. The third kappa shape index (κ3) is 2.59. The minimum atomic E-state index is -0.0645. The van der Waals surface area contributed by atoms with Crippen LogP contribution in [0.4, 0.5) is 11.4 Å². The van der Waals surface area contributed by atoms with Gasteiger partial charge in [0, 0.05) is 27.3 Å². The molecule has 120 valence electrons. The maximum absolute atomic E-state index is 5.97. The van der Waals surface area contributed by atoms with Crippen molar-refractivity contribution in [1.29, 1.82) is 0 Å². The summed E-state index contributed by atoms with van der Waals surface area (Å²) in [6.07, 6.45) is 0. The van der Waals surface area contributed by atoms with E-state index in [2.05, 4.69) is 65.4 Å². The number of halogens is 1. The van der Waals surface area contributed by atoms with Gasteiger partial charge in [-0.25, -0.2) is 0 Å². The average molecular weight is 380 g/mol. The summed E-state index contributed by atoms with van der Waals surface area (Å²) in [6, 6.07) is 22.5. The lowest BCUT2D eigenvalue weighted by atomic mass is 9.74. The Hall–Kier alpha value is -2.26. The molecule has 0 bridgehead atoms. The number of ether oxygens (including phenoxy) is 1. The van der Waals surface area contributed by atoms with Crippen LogP contribution in [0.25, 0.3) is 0 Å². The van der Waals surface area contributed by atoms with Gasteiger partial charge in [-0.2, -0.15) is 0 Å². The molecule has 0 atom stereocenters. The first kappa shape index (κ1) is 15.3. The standard InChI is InChI=1S/C21H18BrNO/c1-21(2)17-10-9-16(24-15-6-4-3-5-7-15)13-20(17)23-19-11-8-14(22)12-18(19)21/h3-13,23H,1-2H3. The molecule has 0 fully saturated rings. The summed E-state index contributed by atoms with van der Waals surface area (Å²) in [6.45, 7) is 4.52. The molecule has 0 saturated heterocycles. The molecule has 0 aliphatic carbocycles. The van der Waals surface area contributed by atoms with Crippen LogP contribution >= 0.6 is 15.9 Å². The maximum Gasteiger partial charge on any atom is 0.129 e. The monoisotopic (exact) mass is 379 g/mol. The maximum atomic E-state index is 5.97. The Kier molecular flexibility index (Phi) is 3.61. The first-order valence-electron chi connectivity index (χ1n) is 7.98. The van der Waals surface area contributed by atoms with E-state index in [0.29, 0.717) is 0 Å². The number of benzene rings is 3. The molecule has 0 saturated carbocycles. The van der Waals surface area contributed by atoms with E-state index < -0.39 is 0 Å². The fourth-order valence-electron chi connectivity index (χ4n) is 3.29. The van der Waals surface area contributed by atoms with Crippen LogP contribution in [0.2, 0.25) is 0 Å². The highest BCUT2D eigenvalue weighted by molar-refractivity contribution is 9.10. The summed E-state index contributed by atoms with van der Waals surface area (Å²) in [5.74, 6) is 1.68. The molecule has 0 spiro atoms. The van der Waals surface area contributed by atoms with Gasteiger partial charge in [-0.05, 0) is 47.5 Å². The van der Waals surface area contributed by atoms with Crippen LogP contribution < -0.4 is 10.1 Å². The Morgan fingerprint density at radius 1 is 0.792 bits per heavy atom. The van der Waals surface area contributed by atoms with Crippen molar-refractivity contribution in [3.63, 3.8) is 0 Å². The van der Waals surface area contributed by atoms with Gasteiger partial charge < -0.3 is 10.1 Å². The molecule has 3 aromatic rings. The van der Waals surface area contributed by atoms with Gasteiger partial charge >= 0.3 is 0 Å². The van der Waals surface area contributed by atoms with Crippen LogP contribution in [0.1, 0.15) is 25.0 Å². The summed E-state index contributed by atoms with van der Waals surface area (Å²) in [5.41, 5.74) is 4.75. The van der Waals surface area contributed by atoms with Crippen molar-refractivity contribution in [1.82, 2.24) is 0 Å². The highest BCUT2D eigenvalue weighted by Crippen LogP contribution is 2.47. The van der Waals surface area contributed by atoms with Crippen LogP contribution in [-0.4, -0.2) is 0 Å². The minimum Gasteiger partial charge on any atom is -0.457 e. The molecule has 1 heterocycles. The molecule has 0 unspecified atom stereocenters. The number of anilines is 2. The number of nitrogens with one attached hydrogen (secondary N) is 1. The molecule has 24 heavy (non-hydrogen) atoms. The van der Waals surface area contributed by atoms with E-state index in [-0.39, 0.29) is 5.41 Å². The number of para-hydroxylation sites is 1. The lowest BCUT2D eigenvalue weighted by Gasteiger charge is -2.36. The largest absolute Gasteiger partial charge is 0.457 e. The van der Waals surface area contributed by atoms with E-state index >= 15 is 0 Å². The van der Waals surface area contributed by atoms with Gasteiger partial charge in [0.15, 0.2) is 0 Å². The molecule has 0 amide bonds. The zero-order chi connectivity index (χ0) is 16.7. The van der Waals surface area contributed by atoms with Gasteiger partial charge in [-0.1, -0.05) is 54.0 Å². The third-order valence-corrected chi connectivity index (χ3v) is 5.06. The highest BCUT2D eigenvalue weighted by atomic mass is 79.9. The summed E-state index contributed by atoms with van der Waals surface area (Å²) in [7, 11) is 0. The second-order valence-electron chi connectivity index (χ2n) is 6.56. The van der Waals surface area contributed by atoms with Crippen molar-refractivity contribution in [2.45, 2.75) is 19.3 Å². The van der Waals surface area contributed by atoms with Gasteiger partial charge in [0.2, 0.25) is 0 Å². The second kappa shape index (κ2) is 5.67. The van der Waals surface area contributed by atoms with E-state index in [1.807, 2.05) is 36.4 Å². The first-order valence-corrected chi connectivity index (χ1v) is 8.78. The molecule has 3 aromatic carbocycles. The molecule has 1 N–H and O–H groups in total. The Balaban J connectivity index is 1.74. The summed E-state index contributed by atoms with van der Waals surface area (Å²) in [4.78, 5) is 0. The topological polar surface area (TPSA) is 21.3 Å². The Bertz CT molecular complexity index is 903. The van der Waals surface area contributed by atoms with Crippen LogP contribution in [0.5, 0.6) is 11.5 Å². The molecular formula is C21H18BrNO. The molecule has 3 heteroatoms. The van der Waals surface area contributed by atoms with E-state index in [0.717, 1.165) is 27.3 Å². The number of hydrogen-bond acceptors (Lipinski definition) is 2. The van der Waals surface area contributed by atoms with Crippen LogP contribution in [-0.2, 0) is 5.41 Å². The molecule has 0 aromatic heterocycles. The lowest BCUT2D eigenvalue weighted by molar-refractivity contribution is 0.482. The zero-order valence-corrected chi connectivity index (χ0v) is 15.2. The van der Waals surface area contributed by atoms with Crippen molar-refractivity contribution in [2.24, 2.45) is 0 Å². The molecule has 4 rings (SSSR count).